The number of piperidine rings is 1. The minimum atomic E-state index is -0.989. The molecule has 0 bridgehead atoms. The topological polar surface area (TPSA) is 108 Å². The van der Waals surface area contributed by atoms with Crippen molar-refractivity contribution in [1.29, 1.82) is 0 Å². The van der Waals surface area contributed by atoms with Gasteiger partial charge in [0, 0.05) is 18.7 Å². The summed E-state index contributed by atoms with van der Waals surface area (Å²) in [6.07, 6.45) is 0.738. The van der Waals surface area contributed by atoms with Crippen molar-refractivity contribution in [3.8, 4) is 11.3 Å². The second-order valence-corrected chi connectivity index (χ2v) is 8.54. The molecule has 2 aromatic rings. The summed E-state index contributed by atoms with van der Waals surface area (Å²) in [4.78, 5) is 32.2. The first-order valence-electron chi connectivity index (χ1n) is 10.0. The molecule has 2 amide bonds. The number of likely N-dealkylation sites (tertiary alicyclic amines) is 1. The van der Waals surface area contributed by atoms with E-state index >= 15 is 0 Å². The maximum Gasteiger partial charge on any atom is 0.408 e. The number of ether oxygens (including phenoxy) is 1. The molecule has 1 fully saturated rings. The normalized spacial score (nSPS) is 16.1. The number of carbonyl (C=O) groups excluding carboxylic acids is 1. The van der Waals surface area contributed by atoms with E-state index < -0.39 is 35.5 Å². The molecule has 1 saturated heterocycles. The van der Waals surface area contributed by atoms with Gasteiger partial charge in [0.15, 0.2) is 0 Å². The molecule has 10 heteroatoms. The Labute approximate surface area is 178 Å². The molecule has 3 rings (SSSR count). The standard InChI is InChI=1S/C21H26F2N4O4/c1-21(2,3)31-19(28)26-17(12-6-8-27(9-7-12)20(29)30)18-24-11-16(25-18)14-10-13(22)4-5-15(14)23/h4-5,10-12,17H,6-9H2,1-3H3,(H,24,25)(H,26,28)(H,29,30). The lowest BCUT2D eigenvalue weighted by molar-refractivity contribution is 0.0457. The minimum absolute atomic E-state index is 0.0236. The number of imidazole rings is 1. The number of hydrogen-bond acceptors (Lipinski definition) is 4. The Morgan fingerprint density at radius 1 is 1.29 bits per heavy atom. The Bertz CT molecular complexity index is 949. The lowest BCUT2D eigenvalue weighted by atomic mass is 9.89. The van der Waals surface area contributed by atoms with Gasteiger partial charge in [0.25, 0.3) is 0 Å². The summed E-state index contributed by atoms with van der Waals surface area (Å²) in [7, 11) is 0. The van der Waals surface area contributed by atoms with Crippen LogP contribution in [0.15, 0.2) is 24.4 Å². The number of nitrogens with zero attached hydrogens (tertiary/aromatic N) is 2. The molecule has 1 aliphatic rings. The molecule has 1 aromatic heterocycles. The van der Waals surface area contributed by atoms with Crippen molar-refractivity contribution in [1.82, 2.24) is 20.2 Å². The summed E-state index contributed by atoms with van der Waals surface area (Å²) in [5.74, 6) is -0.960. The lowest BCUT2D eigenvalue weighted by Gasteiger charge is -2.34. The first-order chi connectivity index (χ1) is 14.5. The number of benzene rings is 1. The maximum atomic E-state index is 14.2. The first-order valence-corrected chi connectivity index (χ1v) is 10.0. The molecular weight excluding hydrogens is 410 g/mol. The number of aromatic amines is 1. The Hall–Kier alpha value is -3.17. The molecule has 1 unspecified atom stereocenters. The van der Waals surface area contributed by atoms with Crippen molar-refractivity contribution in [2.75, 3.05) is 13.1 Å². The van der Waals surface area contributed by atoms with E-state index in [0.717, 1.165) is 18.2 Å². The number of alkyl carbamates (subject to hydrolysis) is 1. The Balaban J connectivity index is 1.86. The van der Waals surface area contributed by atoms with Gasteiger partial charge in [-0.3, -0.25) is 0 Å². The number of amides is 2. The van der Waals surface area contributed by atoms with Gasteiger partial charge in [0.05, 0.1) is 17.9 Å². The van der Waals surface area contributed by atoms with Crippen molar-refractivity contribution in [2.45, 2.75) is 45.3 Å². The average Bonchev–Trinajstić information content (AvgIpc) is 3.16. The maximum absolute atomic E-state index is 14.2. The second kappa shape index (κ2) is 8.91. The van der Waals surface area contributed by atoms with E-state index in [1.165, 1.54) is 11.1 Å². The Morgan fingerprint density at radius 3 is 2.58 bits per heavy atom. The fourth-order valence-corrected chi connectivity index (χ4v) is 3.60. The molecule has 31 heavy (non-hydrogen) atoms. The number of nitrogens with one attached hydrogen (secondary N) is 2. The number of H-pyrrole nitrogens is 1. The van der Waals surface area contributed by atoms with Crippen LogP contribution in [0.2, 0.25) is 0 Å². The molecule has 2 heterocycles. The summed E-state index contributed by atoms with van der Waals surface area (Å²) in [5, 5.41) is 12.0. The summed E-state index contributed by atoms with van der Waals surface area (Å²) < 4.78 is 33.1. The summed E-state index contributed by atoms with van der Waals surface area (Å²) in [5.41, 5.74) is -0.415. The summed E-state index contributed by atoms with van der Waals surface area (Å²) in [6.45, 7) is 5.86. The Morgan fingerprint density at radius 2 is 1.97 bits per heavy atom. The SMILES string of the molecule is CC(C)(C)OC(=O)NC(c1ncc(-c2cc(F)ccc2F)[nH]1)C1CCN(C(=O)O)CC1. The van der Waals surface area contributed by atoms with Crippen molar-refractivity contribution in [3.63, 3.8) is 0 Å². The van der Waals surface area contributed by atoms with E-state index in [9.17, 15) is 23.5 Å². The molecule has 3 N–H and O–H groups in total. The third kappa shape index (κ3) is 5.71. The molecule has 8 nitrogen and oxygen atoms in total. The van der Waals surface area contributed by atoms with E-state index in [4.69, 9.17) is 4.74 Å². The average molecular weight is 436 g/mol. The zero-order valence-electron chi connectivity index (χ0n) is 17.6. The molecule has 0 aliphatic carbocycles. The quantitative estimate of drug-likeness (QED) is 0.662. The van der Waals surface area contributed by atoms with Crippen LogP contribution in [0, 0.1) is 17.6 Å². The zero-order valence-corrected chi connectivity index (χ0v) is 17.6. The van der Waals surface area contributed by atoms with Crippen LogP contribution in [0.3, 0.4) is 0 Å². The molecular formula is C21H26F2N4O4. The molecule has 1 aliphatic heterocycles. The van der Waals surface area contributed by atoms with Crippen molar-refractivity contribution >= 4 is 12.2 Å². The highest BCUT2D eigenvalue weighted by molar-refractivity contribution is 5.68. The fourth-order valence-electron chi connectivity index (χ4n) is 3.60. The number of halogens is 2. The number of carboxylic acid groups (broad SMARTS) is 1. The van der Waals surface area contributed by atoms with Crippen LogP contribution in [0.5, 0.6) is 0 Å². The van der Waals surface area contributed by atoms with Crippen LogP contribution in [-0.2, 0) is 4.74 Å². The van der Waals surface area contributed by atoms with Gasteiger partial charge in [0.1, 0.15) is 23.1 Å². The Kier molecular flexibility index (Phi) is 6.47. The predicted octanol–water partition coefficient (Wildman–Crippen LogP) is 4.31. The largest absolute Gasteiger partial charge is 0.465 e. The first kappa shape index (κ1) is 22.5. The van der Waals surface area contributed by atoms with Crippen LogP contribution in [0.25, 0.3) is 11.3 Å². The van der Waals surface area contributed by atoms with Gasteiger partial charge in [-0.1, -0.05) is 0 Å². The van der Waals surface area contributed by atoms with Gasteiger partial charge in [0.2, 0.25) is 0 Å². The number of aromatic nitrogens is 2. The second-order valence-electron chi connectivity index (χ2n) is 8.54. The van der Waals surface area contributed by atoms with Gasteiger partial charge in [-0.25, -0.2) is 23.4 Å². The molecule has 1 aromatic carbocycles. The van der Waals surface area contributed by atoms with Crippen LogP contribution >= 0.6 is 0 Å². The highest BCUT2D eigenvalue weighted by Gasteiger charge is 2.33. The van der Waals surface area contributed by atoms with Gasteiger partial charge in [-0.15, -0.1) is 0 Å². The molecule has 1 atom stereocenters. The van der Waals surface area contributed by atoms with Crippen molar-refractivity contribution in [2.24, 2.45) is 5.92 Å². The lowest BCUT2D eigenvalue weighted by Crippen LogP contribution is -2.44. The molecule has 0 spiro atoms. The van der Waals surface area contributed by atoms with E-state index in [0.29, 0.717) is 31.8 Å². The smallest absolute Gasteiger partial charge is 0.408 e. The van der Waals surface area contributed by atoms with Crippen LogP contribution in [-0.4, -0.2) is 50.9 Å². The van der Waals surface area contributed by atoms with E-state index in [-0.39, 0.29) is 17.2 Å². The summed E-state index contributed by atoms with van der Waals surface area (Å²) in [6, 6.07) is 2.51. The van der Waals surface area contributed by atoms with Crippen molar-refractivity contribution < 1.29 is 28.2 Å². The highest BCUT2D eigenvalue weighted by Crippen LogP contribution is 2.32. The van der Waals surface area contributed by atoms with E-state index in [1.54, 1.807) is 20.8 Å². The summed E-state index contributed by atoms with van der Waals surface area (Å²) >= 11 is 0. The van der Waals surface area contributed by atoms with Gasteiger partial charge in [-0.05, 0) is 57.7 Å². The third-order valence-corrected chi connectivity index (χ3v) is 5.06. The van der Waals surface area contributed by atoms with Crippen LogP contribution < -0.4 is 5.32 Å². The number of hydrogen-bond donors (Lipinski definition) is 3. The molecule has 0 saturated carbocycles. The van der Waals surface area contributed by atoms with E-state index in [2.05, 4.69) is 15.3 Å². The van der Waals surface area contributed by atoms with E-state index in [1.807, 2.05) is 0 Å². The zero-order chi connectivity index (χ0) is 22.8. The van der Waals surface area contributed by atoms with Crippen LogP contribution in [0.4, 0.5) is 18.4 Å². The predicted molar refractivity (Wildman–Crippen MR) is 108 cm³/mol. The number of rotatable bonds is 4. The monoisotopic (exact) mass is 436 g/mol. The van der Waals surface area contributed by atoms with Gasteiger partial charge < -0.3 is 25.0 Å². The minimum Gasteiger partial charge on any atom is -0.465 e. The van der Waals surface area contributed by atoms with Crippen molar-refractivity contribution in [3.05, 3.63) is 41.9 Å². The van der Waals surface area contributed by atoms with Gasteiger partial charge in [-0.2, -0.15) is 0 Å². The fraction of sp³-hybridized carbons (Fsp3) is 0.476. The third-order valence-electron chi connectivity index (χ3n) is 5.06. The molecule has 168 valence electrons. The van der Waals surface area contributed by atoms with Gasteiger partial charge >= 0.3 is 12.2 Å². The highest BCUT2D eigenvalue weighted by atomic mass is 19.1. The van der Waals surface area contributed by atoms with Crippen LogP contribution in [0.1, 0.15) is 45.5 Å². The number of carbonyl (C=O) groups is 2. The molecule has 0 radical (unpaired) electrons.